The summed E-state index contributed by atoms with van der Waals surface area (Å²) in [4.78, 5) is 26.9. The van der Waals surface area contributed by atoms with E-state index in [-0.39, 0.29) is 18.1 Å². The molecule has 37 heavy (non-hydrogen) atoms. The highest BCUT2D eigenvalue weighted by molar-refractivity contribution is 5.94. The number of aliphatic hydroxyl groups is 1. The normalized spacial score (nSPS) is 13.9. The summed E-state index contributed by atoms with van der Waals surface area (Å²) >= 11 is 0. The zero-order valence-electron chi connectivity index (χ0n) is 20.8. The van der Waals surface area contributed by atoms with Crippen molar-refractivity contribution in [3.63, 3.8) is 0 Å². The third-order valence-electron chi connectivity index (χ3n) is 5.70. The molecule has 190 valence electrons. The van der Waals surface area contributed by atoms with Crippen molar-refractivity contribution in [1.29, 1.82) is 5.26 Å². The van der Waals surface area contributed by atoms with E-state index in [0.717, 1.165) is 17.5 Å². The molecular weight excluding hydrogens is 470 g/mol. The first-order chi connectivity index (χ1) is 17.8. The van der Waals surface area contributed by atoms with Crippen LogP contribution in [0, 0.1) is 11.3 Å². The van der Waals surface area contributed by atoms with Crippen molar-refractivity contribution in [3.8, 4) is 22.9 Å². The van der Waals surface area contributed by atoms with E-state index in [4.69, 9.17) is 10.5 Å². The summed E-state index contributed by atoms with van der Waals surface area (Å²) in [6.07, 6.45) is 7.57. The first kappa shape index (κ1) is 25.6. The second-order valence-corrected chi connectivity index (χ2v) is 9.32. The monoisotopic (exact) mass is 499 g/mol. The Hall–Kier alpha value is -4.49. The van der Waals surface area contributed by atoms with Crippen LogP contribution in [0.3, 0.4) is 0 Å². The molecule has 3 aromatic rings. The van der Waals surface area contributed by atoms with Crippen LogP contribution in [0.4, 0.5) is 11.6 Å². The van der Waals surface area contributed by atoms with Gasteiger partial charge in [-0.25, -0.2) is 9.97 Å². The van der Waals surface area contributed by atoms with Gasteiger partial charge in [-0.3, -0.25) is 14.7 Å². The lowest BCUT2D eigenvalue weighted by Crippen LogP contribution is -2.27. The molecule has 1 aliphatic rings. The molecule has 1 fully saturated rings. The fourth-order valence-corrected chi connectivity index (χ4v) is 3.81. The van der Waals surface area contributed by atoms with E-state index in [1.807, 2.05) is 24.3 Å². The van der Waals surface area contributed by atoms with Gasteiger partial charge >= 0.3 is 0 Å². The maximum absolute atomic E-state index is 11.9. The highest BCUT2D eigenvalue weighted by atomic mass is 16.5. The molecule has 4 rings (SSSR count). The average Bonchev–Trinajstić information content (AvgIpc) is 3.33. The molecule has 0 atom stereocenters. The van der Waals surface area contributed by atoms with Crippen molar-refractivity contribution in [3.05, 3.63) is 66.4 Å². The van der Waals surface area contributed by atoms with Crippen molar-refractivity contribution >= 4 is 23.1 Å². The number of hydrogen-bond donors (Lipinski definition) is 3. The van der Waals surface area contributed by atoms with Crippen LogP contribution in [0.1, 0.15) is 37.9 Å². The molecule has 0 aliphatic carbocycles. The summed E-state index contributed by atoms with van der Waals surface area (Å²) in [6.45, 7) is 4.60. The van der Waals surface area contributed by atoms with E-state index in [0.29, 0.717) is 48.2 Å². The minimum absolute atomic E-state index is 0.0799. The maximum atomic E-state index is 11.9. The fourth-order valence-electron chi connectivity index (χ4n) is 3.81. The number of nitrogens with zero attached hydrogens (tertiary/aromatic N) is 5. The minimum Gasteiger partial charge on any atom is -0.489 e. The van der Waals surface area contributed by atoms with Gasteiger partial charge in [0.25, 0.3) is 0 Å². The molecule has 0 bridgehead atoms. The zero-order valence-corrected chi connectivity index (χ0v) is 20.8. The van der Waals surface area contributed by atoms with E-state index in [1.165, 1.54) is 12.4 Å². The van der Waals surface area contributed by atoms with Crippen LogP contribution in [-0.4, -0.2) is 44.7 Å². The molecule has 0 radical (unpaired) electrons. The number of anilines is 2. The lowest BCUT2D eigenvalue weighted by atomic mass is 10.0. The second-order valence-electron chi connectivity index (χ2n) is 9.32. The lowest BCUT2D eigenvalue weighted by Gasteiger charge is -2.18. The van der Waals surface area contributed by atoms with Gasteiger partial charge in [-0.05, 0) is 50.1 Å². The summed E-state index contributed by atoms with van der Waals surface area (Å²) in [5.41, 5.74) is 7.57. The number of carbonyl (C=O) groups excluding carboxylic acids is 1. The van der Waals surface area contributed by atoms with Crippen molar-refractivity contribution in [2.75, 3.05) is 23.4 Å². The molecule has 0 unspecified atom stereocenters. The quantitative estimate of drug-likeness (QED) is 0.377. The standard InChI is InChI=1S/C27H29N7O3/c1-27(2,36)17-37-21-10-22(26(33-16-21)20(11-28)12-29)19-6-7-23(31-15-19)30-13-18-5-8-24(32-14-18)34-9-3-4-25(34)35/h5-8,10-11,14-16,36H,3-4,9,13,17,28H2,1-2H3,(H,30,31). The molecular formula is C27H29N7O3. The number of pyridine rings is 3. The van der Waals surface area contributed by atoms with Crippen LogP contribution >= 0.6 is 0 Å². The Morgan fingerprint density at radius 1 is 1.24 bits per heavy atom. The molecule has 4 N–H and O–H groups in total. The van der Waals surface area contributed by atoms with Gasteiger partial charge < -0.3 is 20.9 Å². The summed E-state index contributed by atoms with van der Waals surface area (Å²) < 4.78 is 5.69. The van der Waals surface area contributed by atoms with Crippen LogP contribution in [0.25, 0.3) is 16.7 Å². The van der Waals surface area contributed by atoms with Crippen molar-refractivity contribution < 1.29 is 14.6 Å². The Morgan fingerprint density at radius 2 is 2.08 bits per heavy atom. The van der Waals surface area contributed by atoms with E-state index in [1.54, 1.807) is 37.2 Å². The molecule has 4 heterocycles. The summed E-state index contributed by atoms with van der Waals surface area (Å²) in [7, 11) is 0. The summed E-state index contributed by atoms with van der Waals surface area (Å²) in [6, 6.07) is 11.3. The Labute approximate surface area is 215 Å². The summed E-state index contributed by atoms with van der Waals surface area (Å²) in [5, 5.41) is 22.7. The number of nitrogens with one attached hydrogen (secondary N) is 1. The Balaban J connectivity index is 1.48. The Bertz CT molecular complexity index is 1320. The number of carbonyl (C=O) groups is 1. The van der Waals surface area contributed by atoms with Gasteiger partial charge in [-0.2, -0.15) is 5.26 Å². The number of hydrogen-bond acceptors (Lipinski definition) is 9. The first-order valence-corrected chi connectivity index (χ1v) is 11.9. The molecule has 0 aromatic carbocycles. The number of aromatic nitrogens is 3. The molecule has 1 amide bonds. The smallest absolute Gasteiger partial charge is 0.228 e. The lowest BCUT2D eigenvalue weighted by molar-refractivity contribution is -0.117. The maximum Gasteiger partial charge on any atom is 0.228 e. The fraction of sp³-hybridized carbons (Fsp3) is 0.296. The Kier molecular flexibility index (Phi) is 7.65. The van der Waals surface area contributed by atoms with Crippen molar-refractivity contribution in [2.45, 2.75) is 38.8 Å². The van der Waals surface area contributed by atoms with Gasteiger partial charge in [-0.1, -0.05) is 6.07 Å². The van der Waals surface area contributed by atoms with Gasteiger partial charge in [0.15, 0.2) is 0 Å². The van der Waals surface area contributed by atoms with Crippen molar-refractivity contribution in [1.82, 2.24) is 15.0 Å². The molecule has 10 heteroatoms. The molecule has 0 spiro atoms. The predicted octanol–water partition coefficient (Wildman–Crippen LogP) is 3.25. The van der Waals surface area contributed by atoms with E-state index >= 15 is 0 Å². The van der Waals surface area contributed by atoms with Gasteiger partial charge in [0, 0.05) is 49.2 Å². The number of allylic oxidation sites excluding steroid dienone is 1. The van der Waals surface area contributed by atoms with E-state index < -0.39 is 5.60 Å². The highest BCUT2D eigenvalue weighted by Crippen LogP contribution is 2.31. The van der Waals surface area contributed by atoms with E-state index in [9.17, 15) is 15.2 Å². The molecule has 10 nitrogen and oxygen atoms in total. The molecule has 3 aromatic heterocycles. The number of ether oxygens (including phenoxy) is 1. The number of nitriles is 1. The topological polar surface area (TPSA) is 150 Å². The Morgan fingerprint density at radius 3 is 2.68 bits per heavy atom. The van der Waals surface area contributed by atoms with Crippen LogP contribution in [-0.2, 0) is 11.3 Å². The van der Waals surface area contributed by atoms with Gasteiger partial charge in [0.05, 0.1) is 23.1 Å². The molecule has 0 saturated carbocycles. The highest BCUT2D eigenvalue weighted by Gasteiger charge is 2.22. The minimum atomic E-state index is -1.01. The average molecular weight is 500 g/mol. The summed E-state index contributed by atoms with van der Waals surface area (Å²) in [5.74, 6) is 1.89. The number of nitrogens with two attached hydrogens (primary N) is 1. The SMILES string of the molecule is CC(C)(O)COc1cnc(C(C#N)=CN)c(-c2ccc(NCc3ccc(N4CCCC4=O)nc3)nc2)c1. The number of rotatable bonds is 9. The second kappa shape index (κ2) is 11.1. The van der Waals surface area contributed by atoms with Crippen LogP contribution < -0.4 is 20.7 Å². The number of amides is 1. The van der Waals surface area contributed by atoms with Crippen LogP contribution in [0.15, 0.2) is 55.1 Å². The first-order valence-electron chi connectivity index (χ1n) is 11.9. The largest absolute Gasteiger partial charge is 0.489 e. The van der Waals surface area contributed by atoms with Crippen molar-refractivity contribution in [2.24, 2.45) is 5.73 Å². The van der Waals surface area contributed by atoms with Gasteiger partial charge in [0.2, 0.25) is 5.91 Å². The zero-order chi connectivity index (χ0) is 26.4. The van der Waals surface area contributed by atoms with Crippen LogP contribution in [0.5, 0.6) is 5.75 Å². The van der Waals surface area contributed by atoms with Gasteiger partial charge in [0.1, 0.15) is 30.1 Å². The predicted molar refractivity (Wildman–Crippen MR) is 140 cm³/mol. The third-order valence-corrected chi connectivity index (χ3v) is 5.70. The van der Waals surface area contributed by atoms with Crippen LogP contribution in [0.2, 0.25) is 0 Å². The molecule has 1 saturated heterocycles. The molecule has 1 aliphatic heterocycles. The van der Waals surface area contributed by atoms with E-state index in [2.05, 4.69) is 26.3 Å². The third kappa shape index (κ3) is 6.39. The van der Waals surface area contributed by atoms with Gasteiger partial charge in [-0.15, -0.1) is 0 Å².